The van der Waals surface area contributed by atoms with Crippen molar-refractivity contribution >= 4 is 21.5 Å². The third-order valence-corrected chi connectivity index (χ3v) is 4.34. The molecule has 0 amide bonds. The van der Waals surface area contributed by atoms with Crippen molar-refractivity contribution in [1.82, 2.24) is 0 Å². The minimum atomic E-state index is 0.148. The molecule has 0 aliphatic carbocycles. The molecule has 0 radical (unpaired) electrons. The summed E-state index contributed by atoms with van der Waals surface area (Å²) in [6, 6.07) is 17.3. The molecule has 5 rings (SSSR count). The van der Waals surface area contributed by atoms with Crippen LogP contribution >= 0.6 is 0 Å². The van der Waals surface area contributed by atoms with Crippen molar-refractivity contribution < 1.29 is 4.74 Å². The minimum Gasteiger partial charge on any atom is -0.357 e. The minimum absolute atomic E-state index is 0.148. The van der Waals surface area contributed by atoms with Gasteiger partial charge in [0.15, 0.2) is 0 Å². The fraction of sp³-hybridized carbons (Fsp3) is 0.111. The first-order valence-electron chi connectivity index (χ1n) is 6.70. The van der Waals surface area contributed by atoms with Gasteiger partial charge in [-0.1, -0.05) is 60.7 Å². The largest absolute Gasteiger partial charge is 0.357 e. The predicted molar refractivity (Wildman–Crippen MR) is 77.2 cm³/mol. The molecule has 1 nitrogen and oxygen atoms in total. The van der Waals surface area contributed by atoms with Crippen molar-refractivity contribution in [2.75, 3.05) is 0 Å². The van der Waals surface area contributed by atoms with Crippen LogP contribution in [0.4, 0.5) is 0 Å². The van der Waals surface area contributed by atoms with Gasteiger partial charge in [0.25, 0.3) is 0 Å². The van der Waals surface area contributed by atoms with Gasteiger partial charge in [0.1, 0.15) is 12.2 Å². The molecule has 0 spiro atoms. The maximum absolute atomic E-state index is 6.05. The van der Waals surface area contributed by atoms with Crippen LogP contribution in [0, 0.1) is 0 Å². The van der Waals surface area contributed by atoms with Crippen LogP contribution in [-0.4, -0.2) is 0 Å². The summed E-state index contributed by atoms with van der Waals surface area (Å²) in [5, 5.41) is 5.35. The maximum atomic E-state index is 6.05. The van der Waals surface area contributed by atoms with Crippen molar-refractivity contribution in [3.8, 4) is 0 Å². The Bertz CT molecular complexity index is 789. The van der Waals surface area contributed by atoms with Crippen LogP contribution in [-0.2, 0) is 4.74 Å². The van der Waals surface area contributed by atoms with Crippen molar-refractivity contribution in [3.05, 3.63) is 71.8 Å². The van der Waals surface area contributed by atoms with Crippen LogP contribution in [0.2, 0.25) is 0 Å². The summed E-state index contributed by atoms with van der Waals surface area (Å²) in [6.45, 7) is 0. The lowest BCUT2D eigenvalue weighted by Gasteiger charge is -2.15. The van der Waals surface area contributed by atoms with Gasteiger partial charge in [-0.3, -0.25) is 0 Å². The van der Waals surface area contributed by atoms with E-state index >= 15 is 0 Å². The Balaban J connectivity index is 2.11. The van der Waals surface area contributed by atoms with E-state index in [4.69, 9.17) is 4.74 Å². The number of benzene rings is 3. The first kappa shape index (κ1) is 9.76. The van der Waals surface area contributed by atoms with E-state index in [0.29, 0.717) is 0 Å². The Morgan fingerprint density at radius 1 is 0.579 bits per heavy atom. The van der Waals surface area contributed by atoms with E-state index in [1.807, 2.05) is 0 Å². The highest BCUT2D eigenvalue weighted by atomic mass is 16.5. The van der Waals surface area contributed by atoms with Crippen LogP contribution in [0.1, 0.15) is 23.3 Å². The van der Waals surface area contributed by atoms with Gasteiger partial charge in [-0.2, -0.15) is 0 Å². The van der Waals surface area contributed by atoms with Gasteiger partial charge in [0.2, 0.25) is 0 Å². The monoisotopic (exact) mass is 244 g/mol. The van der Waals surface area contributed by atoms with Gasteiger partial charge in [-0.25, -0.2) is 0 Å². The van der Waals surface area contributed by atoms with Crippen LogP contribution in [0.25, 0.3) is 21.5 Å². The van der Waals surface area contributed by atoms with Crippen LogP contribution in [0.15, 0.2) is 60.7 Å². The highest BCUT2D eigenvalue weighted by molar-refractivity contribution is 6.11. The summed E-state index contributed by atoms with van der Waals surface area (Å²) >= 11 is 0. The summed E-state index contributed by atoms with van der Waals surface area (Å²) in [5.74, 6) is 0. The third kappa shape index (κ3) is 1.09. The Kier molecular flexibility index (Phi) is 1.67. The zero-order valence-corrected chi connectivity index (χ0v) is 10.3. The average molecular weight is 244 g/mol. The molecule has 3 aromatic rings. The molecular weight excluding hydrogens is 232 g/mol. The Morgan fingerprint density at radius 3 is 1.47 bits per heavy atom. The van der Waals surface area contributed by atoms with Crippen molar-refractivity contribution in [2.45, 2.75) is 12.2 Å². The van der Waals surface area contributed by atoms with Crippen LogP contribution in [0.3, 0.4) is 0 Å². The van der Waals surface area contributed by atoms with Gasteiger partial charge in [0.05, 0.1) is 0 Å². The molecule has 0 fully saturated rings. The van der Waals surface area contributed by atoms with Crippen LogP contribution < -0.4 is 0 Å². The molecule has 0 aromatic heterocycles. The number of hydrogen-bond donors (Lipinski definition) is 0. The molecule has 19 heavy (non-hydrogen) atoms. The summed E-state index contributed by atoms with van der Waals surface area (Å²) in [5.41, 5.74) is 2.75. The van der Waals surface area contributed by atoms with Crippen LogP contribution in [0.5, 0.6) is 0 Å². The second kappa shape index (κ2) is 3.25. The molecule has 0 saturated carbocycles. The molecule has 90 valence electrons. The lowest BCUT2D eigenvalue weighted by molar-refractivity contribution is 0.0887. The Morgan fingerprint density at radius 2 is 1.00 bits per heavy atom. The highest BCUT2D eigenvalue weighted by Gasteiger charge is 2.36. The van der Waals surface area contributed by atoms with Crippen molar-refractivity contribution in [2.24, 2.45) is 0 Å². The average Bonchev–Trinajstić information content (AvgIpc) is 3.09. The molecule has 1 heteroatoms. The second-order valence-corrected chi connectivity index (χ2v) is 5.28. The molecular formula is C18H12O. The van der Waals surface area contributed by atoms with E-state index in [-0.39, 0.29) is 12.2 Å². The summed E-state index contributed by atoms with van der Waals surface area (Å²) < 4.78 is 6.05. The topological polar surface area (TPSA) is 9.23 Å². The number of ether oxygens (including phenoxy) is 1. The Hall–Kier alpha value is -2.12. The first-order valence-corrected chi connectivity index (χ1v) is 6.70. The lowest BCUT2D eigenvalue weighted by atomic mass is 9.86. The Labute approximate surface area is 111 Å². The molecule has 2 atom stereocenters. The molecule has 2 aliphatic heterocycles. The normalized spacial score (nSPS) is 23.4. The first-order chi connectivity index (χ1) is 9.43. The standard InChI is InChI=1S/C18H12O/c1-3-7-13-11(5-1)12-6-2-4-8-14(12)18-16-10-9-15(19-16)17(13)18/h1-10,15-16H/t15-,16+. The van der Waals surface area contributed by atoms with Gasteiger partial charge < -0.3 is 4.74 Å². The zero-order valence-electron chi connectivity index (χ0n) is 10.3. The fourth-order valence-electron chi connectivity index (χ4n) is 3.59. The van der Waals surface area contributed by atoms with Crippen molar-refractivity contribution in [1.29, 1.82) is 0 Å². The lowest BCUT2D eigenvalue weighted by Crippen LogP contribution is -1.96. The predicted octanol–water partition coefficient (Wildman–Crippen LogP) is 4.68. The van der Waals surface area contributed by atoms with Gasteiger partial charge in [-0.15, -0.1) is 0 Å². The second-order valence-electron chi connectivity index (χ2n) is 5.28. The maximum Gasteiger partial charge on any atom is 0.103 e. The molecule has 0 N–H and O–H groups in total. The van der Waals surface area contributed by atoms with E-state index in [1.54, 1.807) is 0 Å². The van der Waals surface area contributed by atoms with E-state index in [2.05, 4.69) is 60.7 Å². The number of rotatable bonds is 0. The summed E-state index contributed by atoms with van der Waals surface area (Å²) in [7, 11) is 0. The van der Waals surface area contributed by atoms with E-state index in [1.165, 1.54) is 32.7 Å². The smallest absolute Gasteiger partial charge is 0.103 e. The van der Waals surface area contributed by atoms with Gasteiger partial charge in [0, 0.05) is 0 Å². The zero-order chi connectivity index (χ0) is 12.4. The van der Waals surface area contributed by atoms with E-state index < -0.39 is 0 Å². The number of hydrogen-bond acceptors (Lipinski definition) is 1. The molecule has 2 aliphatic rings. The molecule has 0 unspecified atom stereocenters. The molecule has 3 aromatic carbocycles. The van der Waals surface area contributed by atoms with E-state index in [9.17, 15) is 0 Å². The molecule has 0 saturated heterocycles. The fourth-order valence-corrected chi connectivity index (χ4v) is 3.59. The van der Waals surface area contributed by atoms with E-state index in [0.717, 1.165) is 0 Å². The quantitative estimate of drug-likeness (QED) is 0.412. The summed E-state index contributed by atoms with van der Waals surface area (Å²) in [4.78, 5) is 0. The van der Waals surface area contributed by atoms with Crippen molar-refractivity contribution in [3.63, 3.8) is 0 Å². The number of fused-ring (bicyclic) bond motifs is 10. The summed E-state index contributed by atoms with van der Waals surface area (Å²) in [6.07, 6.45) is 4.67. The van der Waals surface area contributed by atoms with Gasteiger partial charge in [-0.05, 0) is 32.7 Å². The highest BCUT2D eigenvalue weighted by Crippen LogP contribution is 2.51. The molecule has 2 heterocycles. The third-order valence-electron chi connectivity index (χ3n) is 4.34. The SMILES string of the molecule is C1=C[C@H]2O[C@@H]1c1c2c2ccccc2c2ccccc12. The van der Waals surface area contributed by atoms with Gasteiger partial charge >= 0.3 is 0 Å². The molecule has 2 bridgehead atoms.